The van der Waals surface area contributed by atoms with Gasteiger partial charge in [0.05, 0.1) is 10.6 Å². The second-order valence-electron chi connectivity index (χ2n) is 4.07. The van der Waals surface area contributed by atoms with Crippen LogP contribution >= 0.6 is 0 Å². The van der Waals surface area contributed by atoms with Crippen LogP contribution in [0.4, 0.5) is 11.4 Å². The summed E-state index contributed by atoms with van der Waals surface area (Å²) in [6.07, 6.45) is 2.12. The fraction of sp³-hybridized carbons (Fsp3) is 0.417. The van der Waals surface area contributed by atoms with Gasteiger partial charge in [0.2, 0.25) is 5.91 Å². The second-order valence-corrected chi connectivity index (χ2v) is 4.07. The first-order chi connectivity index (χ1) is 8.13. The van der Waals surface area contributed by atoms with Crippen LogP contribution in [0.1, 0.15) is 25.3 Å². The number of carbonyl (C=O) groups is 1. The van der Waals surface area contributed by atoms with Gasteiger partial charge in [-0.3, -0.25) is 14.9 Å². The fourth-order valence-corrected chi connectivity index (χ4v) is 2.12. The highest BCUT2D eigenvalue weighted by molar-refractivity contribution is 5.96. The molecule has 0 aliphatic carbocycles. The molecule has 1 saturated heterocycles. The molecule has 0 unspecified atom stereocenters. The molecule has 0 N–H and O–H groups in total. The molecule has 1 aliphatic rings. The van der Waals surface area contributed by atoms with Crippen molar-refractivity contribution in [1.82, 2.24) is 0 Å². The number of rotatable bonds is 3. The molecule has 1 amide bonds. The number of nitrogens with zero attached hydrogens (tertiary/aromatic N) is 2. The zero-order valence-electron chi connectivity index (χ0n) is 9.68. The first-order valence-corrected chi connectivity index (χ1v) is 5.71. The Morgan fingerprint density at radius 3 is 2.76 bits per heavy atom. The number of anilines is 1. The summed E-state index contributed by atoms with van der Waals surface area (Å²) in [5.41, 5.74) is 1.71. The number of amides is 1. The Kier molecular flexibility index (Phi) is 3.08. The number of benzene rings is 1. The Morgan fingerprint density at radius 2 is 2.24 bits per heavy atom. The monoisotopic (exact) mass is 234 g/mol. The van der Waals surface area contributed by atoms with Gasteiger partial charge in [-0.05, 0) is 18.4 Å². The van der Waals surface area contributed by atoms with Crippen molar-refractivity contribution >= 4 is 17.3 Å². The molecule has 0 radical (unpaired) electrons. The average Bonchev–Trinajstić information content (AvgIpc) is 2.74. The molecule has 1 aliphatic heterocycles. The molecule has 5 heteroatoms. The highest BCUT2D eigenvalue weighted by Gasteiger charge is 2.25. The van der Waals surface area contributed by atoms with Gasteiger partial charge in [0, 0.05) is 25.1 Å². The molecule has 0 atom stereocenters. The van der Waals surface area contributed by atoms with Crippen LogP contribution in [-0.2, 0) is 11.2 Å². The largest absolute Gasteiger partial charge is 0.312 e. The Hall–Kier alpha value is -1.91. The zero-order chi connectivity index (χ0) is 12.4. The predicted octanol–water partition coefficient (Wildman–Crippen LogP) is 2.28. The van der Waals surface area contributed by atoms with Crippen molar-refractivity contribution < 1.29 is 9.72 Å². The van der Waals surface area contributed by atoms with E-state index in [9.17, 15) is 14.9 Å². The minimum Gasteiger partial charge on any atom is -0.312 e. The highest BCUT2D eigenvalue weighted by atomic mass is 16.6. The van der Waals surface area contributed by atoms with E-state index in [-0.39, 0.29) is 11.6 Å². The minimum atomic E-state index is -0.427. The van der Waals surface area contributed by atoms with Gasteiger partial charge in [-0.2, -0.15) is 0 Å². The van der Waals surface area contributed by atoms with Crippen molar-refractivity contribution in [3.05, 3.63) is 33.9 Å². The topological polar surface area (TPSA) is 63.5 Å². The number of hydrogen-bond acceptors (Lipinski definition) is 3. The van der Waals surface area contributed by atoms with E-state index in [0.717, 1.165) is 18.4 Å². The quantitative estimate of drug-likeness (QED) is 0.595. The van der Waals surface area contributed by atoms with Gasteiger partial charge in [0.25, 0.3) is 5.69 Å². The lowest BCUT2D eigenvalue weighted by Gasteiger charge is -2.18. The predicted molar refractivity (Wildman–Crippen MR) is 64.1 cm³/mol. The molecule has 0 aromatic heterocycles. The molecule has 0 spiro atoms. The number of nitro benzene ring substituents is 1. The lowest BCUT2D eigenvalue weighted by molar-refractivity contribution is -0.384. The molecule has 1 heterocycles. The molecular weight excluding hydrogens is 220 g/mol. The number of non-ortho nitro benzene ring substituents is 1. The smallest absolute Gasteiger partial charge is 0.271 e. The van der Waals surface area contributed by atoms with E-state index in [1.54, 1.807) is 11.0 Å². The SMILES string of the molecule is CCc1ccc([N+](=O)[O-])cc1N1CCCC1=O. The van der Waals surface area contributed by atoms with Crippen molar-refractivity contribution in [1.29, 1.82) is 0 Å². The Labute approximate surface area is 99.2 Å². The van der Waals surface area contributed by atoms with Crippen LogP contribution in [0, 0.1) is 10.1 Å². The van der Waals surface area contributed by atoms with E-state index < -0.39 is 4.92 Å². The van der Waals surface area contributed by atoms with E-state index in [2.05, 4.69) is 0 Å². The molecule has 2 rings (SSSR count). The summed E-state index contributed by atoms with van der Waals surface area (Å²) < 4.78 is 0. The Balaban J connectivity index is 2.45. The standard InChI is InChI=1S/C12H14N2O3/c1-2-9-5-6-10(14(16)17)8-11(9)13-7-3-4-12(13)15/h5-6,8H,2-4,7H2,1H3. The molecule has 90 valence electrons. The van der Waals surface area contributed by atoms with Gasteiger partial charge >= 0.3 is 0 Å². The van der Waals surface area contributed by atoms with Crippen molar-refractivity contribution in [2.24, 2.45) is 0 Å². The van der Waals surface area contributed by atoms with Gasteiger partial charge in [-0.1, -0.05) is 13.0 Å². The molecule has 1 aromatic rings. The third kappa shape index (κ3) is 2.13. The number of hydrogen-bond donors (Lipinski definition) is 0. The number of aryl methyl sites for hydroxylation is 1. The third-order valence-electron chi connectivity index (χ3n) is 3.02. The molecule has 0 saturated carbocycles. The summed E-state index contributed by atoms with van der Waals surface area (Å²) >= 11 is 0. The molecule has 17 heavy (non-hydrogen) atoms. The van der Waals surface area contributed by atoms with Crippen LogP contribution < -0.4 is 4.90 Å². The number of nitro groups is 1. The molecule has 0 bridgehead atoms. The van der Waals surface area contributed by atoms with E-state index in [1.807, 2.05) is 6.92 Å². The third-order valence-corrected chi connectivity index (χ3v) is 3.02. The first-order valence-electron chi connectivity index (χ1n) is 5.71. The molecular formula is C12H14N2O3. The highest BCUT2D eigenvalue weighted by Crippen LogP contribution is 2.29. The summed E-state index contributed by atoms with van der Waals surface area (Å²) in [6, 6.07) is 4.73. The van der Waals surface area contributed by atoms with Gasteiger partial charge in [-0.15, -0.1) is 0 Å². The van der Waals surface area contributed by atoms with Crippen molar-refractivity contribution in [3.63, 3.8) is 0 Å². The fourth-order valence-electron chi connectivity index (χ4n) is 2.12. The van der Waals surface area contributed by atoms with Crippen LogP contribution in [0.15, 0.2) is 18.2 Å². The molecule has 1 fully saturated rings. The summed E-state index contributed by atoms with van der Waals surface area (Å²) in [6.45, 7) is 2.64. The molecule has 1 aromatic carbocycles. The van der Waals surface area contributed by atoms with Crippen molar-refractivity contribution in [2.45, 2.75) is 26.2 Å². The second kappa shape index (κ2) is 4.53. The maximum atomic E-state index is 11.7. The van der Waals surface area contributed by atoms with E-state index in [1.165, 1.54) is 12.1 Å². The van der Waals surface area contributed by atoms with Crippen molar-refractivity contribution in [2.75, 3.05) is 11.4 Å². The van der Waals surface area contributed by atoms with E-state index in [4.69, 9.17) is 0 Å². The van der Waals surface area contributed by atoms with E-state index >= 15 is 0 Å². The summed E-state index contributed by atoms with van der Waals surface area (Å²) in [4.78, 5) is 23.7. The Bertz CT molecular complexity index is 471. The van der Waals surface area contributed by atoms with Gasteiger partial charge in [-0.25, -0.2) is 0 Å². The maximum Gasteiger partial charge on any atom is 0.271 e. The summed E-state index contributed by atoms with van der Waals surface area (Å²) in [5, 5.41) is 10.8. The maximum absolute atomic E-state index is 11.7. The minimum absolute atomic E-state index is 0.0388. The normalized spacial score (nSPS) is 15.4. The van der Waals surface area contributed by atoms with Gasteiger partial charge in [0.1, 0.15) is 0 Å². The van der Waals surface area contributed by atoms with Gasteiger partial charge < -0.3 is 4.90 Å². The van der Waals surface area contributed by atoms with Crippen LogP contribution in [0.25, 0.3) is 0 Å². The van der Waals surface area contributed by atoms with Crippen LogP contribution in [0.2, 0.25) is 0 Å². The number of carbonyl (C=O) groups excluding carboxylic acids is 1. The lowest BCUT2D eigenvalue weighted by Crippen LogP contribution is -2.24. The van der Waals surface area contributed by atoms with Gasteiger partial charge in [0.15, 0.2) is 0 Å². The summed E-state index contributed by atoms with van der Waals surface area (Å²) in [5.74, 6) is 0.0557. The van der Waals surface area contributed by atoms with E-state index in [0.29, 0.717) is 18.7 Å². The lowest BCUT2D eigenvalue weighted by atomic mass is 10.1. The Morgan fingerprint density at radius 1 is 1.47 bits per heavy atom. The first kappa shape index (κ1) is 11.6. The molecule has 5 nitrogen and oxygen atoms in total. The zero-order valence-corrected chi connectivity index (χ0v) is 9.68. The van der Waals surface area contributed by atoms with Crippen LogP contribution in [-0.4, -0.2) is 17.4 Å². The summed E-state index contributed by atoms with van der Waals surface area (Å²) in [7, 11) is 0. The van der Waals surface area contributed by atoms with Crippen molar-refractivity contribution in [3.8, 4) is 0 Å². The van der Waals surface area contributed by atoms with Crippen LogP contribution in [0.5, 0.6) is 0 Å². The van der Waals surface area contributed by atoms with Crippen LogP contribution in [0.3, 0.4) is 0 Å². The average molecular weight is 234 g/mol.